The summed E-state index contributed by atoms with van der Waals surface area (Å²) in [5.41, 5.74) is -0.601. The standard InChI is InChI=1S/C14H15F3N2O2/c15-14(16,17)10-4-2-1-3-9(10)8-19-11-5-6-18-7-12(11)21-13(19)20/h1-4,11-12,18H,5-8H2. The minimum atomic E-state index is -4.42. The third-order valence-electron chi connectivity index (χ3n) is 3.94. The fourth-order valence-corrected chi connectivity index (χ4v) is 2.93. The van der Waals surface area contributed by atoms with Crippen molar-refractivity contribution in [3.8, 4) is 0 Å². The van der Waals surface area contributed by atoms with Gasteiger partial charge in [-0.2, -0.15) is 13.2 Å². The van der Waals surface area contributed by atoms with Crippen molar-refractivity contribution in [1.29, 1.82) is 0 Å². The van der Waals surface area contributed by atoms with Gasteiger partial charge in [-0.3, -0.25) is 4.90 Å². The number of fused-ring (bicyclic) bond motifs is 1. The molecule has 0 spiro atoms. The Kier molecular flexibility index (Phi) is 3.52. The second-order valence-electron chi connectivity index (χ2n) is 5.27. The molecule has 2 heterocycles. The number of carbonyl (C=O) groups is 1. The van der Waals surface area contributed by atoms with Gasteiger partial charge in [0, 0.05) is 6.54 Å². The molecule has 2 atom stereocenters. The summed E-state index contributed by atoms with van der Waals surface area (Å²) in [5.74, 6) is 0. The fourth-order valence-electron chi connectivity index (χ4n) is 2.93. The predicted octanol–water partition coefficient (Wildman–Crippen LogP) is 2.39. The highest BCUT2D eigenvalue weighted by molar-refractivity contribution is 5.71. The van der Waals surface area contributed by atoms with Crippen molar-refractivity contribution in [3.05, 3.63) is 35.4 Å². The van der Waals surface area contributed by atoms with Crippen LogP contribution in [-0.4, -0.2) is 36.2 Å². The summed E-state index contributed by atoms with van der Waals surface area (Å²) in [5, 5.41) is 3.11. The van der Waals surface area contributed by atoms with Crippen molar-refractivity contribution >= 4 is 6.09 Å². The first kappa shape index (κ1) is 14.2. The molecular weight excluding hydrogens is 285 g/mol. The van der Waals surface area contributed by atoms with Gasteiger partial charge in [0.05, 0.1) is 18.2 Å². The number of nitrogens with one attached hydrogen (secondary N) is 1. The molecule has 0 saturated carbocycles. The van der Waals surface area contributed by atoms with Crippen LogP contribution in [0.3, 0.4) is 0 Å². The normalized spacial score (nSPS) is 25.7. The molecule has 2 aliphatic heterocycles. The molecule has 1 aromatic carbocycles. The fraction of sp³-hybridized carbons (Fsp3) is 0.500. The Balaban J connectivity index is 1.85. The Hall–Kier alpha value is -1.76. The molecule has 2 unspecified atom stereocenters. The topological polar surface area (TPSA) is 41.6 Å². The quantitative estimate of drug-likeness (QED) is 0.912. The second kappa shape index (κ2) is 5.22. The Morgan fingerprint density at radius 2 is 2.10 bits per heavy atom. The highest BCUT2D eigenvalue weighted by Gasteiger charge is 2.43. The lowest BCUT2D eigenvalue weighted by atomic mass is 10.0. The summed E-state index contributed by atoms with van der Waals surface area (Å²) in [4.78, 5) is 13.3. The minimum absolute atomic E-state index is 0.0737. The first-order valence-corrected chi connectivity index (χ1v) is 6.80. The monoisotopic (exact) mass is 300 g/mol. The van der Waals surface area contributed by atoms with Gasteiger partial charge in [0.2, 0.25) is 0 Å². The van der Waals surface area contributed by atoms with E-state index in [1.165, 1.54) is 17.0 Å². The van der Waals surface area contributed by atoms with Gasteiger partial charge >= 0.3 is 12.3 Å². The summed E-state index contributed by atoms with van der Waals surface area (Å²) in [6, 6.07) is 5.19. The zero-order valence-electron chi connectivity index (χ0n) is 11.2. The number of alkyl halides is 3. The molecule has 1 N–H and O–H groups in total. The number of benzene rings is 1. The molecule has 1 aromatic rings. The molecular formula is C14H15F3N2O2. The average molecular weight is 300 g/mol. The van der Waals surface area contributed by atoms with Gasteiger partial charge in [-0.25, -0.2) is 4.79 Å². The number of halogens is 3. The van der Waals surface area contributed by atoms with E-state index < -0.39 is 17.8 Å². The van der Waals surface area contributed by atoms with Crippen LogP contribution in [-0.2, 0) is 17.5 Å². The largest absolute Gasteiger partial charge is 0.443 e. The van der Waals surface area contributed by atoms with Crippen LogP contribution in [0.4, 0.5) is 18.0 Å². The maximum absolute atomic E-state index is 13.0. The molecule has 2 saturated heterocycles. The van der Waals surface area contributed by atoms with Gasteiger partial charge in [-0.15, -0.1) is 0 Å². The summed E-state index contributed by atoms with van der Waals surface area (Å²) in [7, 11) is 0. The van der Waals surface area contributed by atoms with E-state index in [9.17, 15) is 18.0 Å². The number of hydrogen-bond donors (Lipinski definition) is 1. The molecule has 7 heteroatoms. The first-order chi connectivity index (χ1) is 9.97. The number of ether oxygens (including phenoxy) is 1. The van der Waals surface area contributed by atoms with Crippen molar-refractivity contribution < 1.29 is 22.7 Å². The summed E-state index contributed by atoms with van der Waals surface area (Å²) < 4.78 is 44.2. The predicted molar refractivity (Wildman–Crippen MR) is 68.5 cm³/mol. The van der Waals surface area contributed by atoms with Crippen LogP contribution in [0.15, 0.2) is 24.3 Å². The molecule has 1 amide bonds. The highest BCUT2D eigenvalue weighted by atomic mass is 19.4. The lowest BCUT2D eigenvalue weighted by Crippen LogP contribution is -2.47. The summed E-state index contributed by atoms with van der Waals surface area (Å²) in [6.07, 6.45) is -4.55. The molecule has 0 radical (unpaired) electrons. The minimum Gasteiger partial charge on any atom is -0.443 e. The van der Waals surface area contributed by atoms with E-state index in [0.717, 1.165) is 12.6 Å². The van der Waals surface area contributed by atoms with Crippen molar-refractivity contribution in [2.75, 3.05) is 13.1 Å². The Morgan fingerprint density at radius 3 is 2.86 bits per heavy atom. The van der Waals surface area contributed by atoms with Crippen LogP contribution in [0.1, 0.15) is 17.5 Å². The van der Waals surface area contributed by atoms with Gasteiger partial charge in [-0.1, -0.05) is 18.2 Å². The molecule has 4 nitrogen and oxygen atoms in total. The zero-order valence-corrected chi connectivity index (χ0v) is 11.2. The van der Waals surface area contributed by atoms with Gasteiger partial charge in [0.15, 0.2) is 0 Å². The Morgan fingerprint density at radius 1 is 1.33 bits per heavy atom. The van der Waals surface area contributed by atoms with E-state index >= 15 is 0 Å². The highest BCUT2D eigenvalue weighted by Crippen LogP contribution is 2.34. The second-order valence-corrected chi connectivity index (χ2v) is 5.27. The molecule has 0 aliphatic carbocycles. The molecule has 0 aromatic heterocycles. The third kappa shape index (κ3) is 2.70. The lowest BCUT2D eigenvalue weighted by molar-refractivity contribution is -0.138. The van der Waals surface area contributed by atoms with E-state index in [2.05, 4.69) is 5.32 Å². The van der Waals surface area contributed by atoms with Crippen LogP contribution in [0, 0.1) is 0 Å². The lowest BCUT2D eigenvalue weighted by Gasteiger charge is -2.29. The average Bonchev–Trinajstić information content (AvgIpc) is 2.75. The molecule has 2 fully saturated rings. The van der Waals surface area contributed by atoms with Crippen LogP contribution < -0.4 is 5.32 Å². The molecule has 114 valence electrons. The van der Waals surface area contributed by atoms with Crippen LogP contribution in [0.2, 0.25) is 0 Å². The maximum atomic E-state index is 13.0. The van der Waals surface area contributed by atoms with Gasteiger partial charge in [-0.05, 0) is 24.6 Å². The van der Waals surface area contributed by atoms with E-state index in [4.69, 9.17) is 4.74 Å². The maximum Gasteiger partial charge on any atom is 0.416 e. The van der Waals surface area contributed by atoms with E-state index in [1.54, 1.807) is 6.07 Å². The van der Waals surface area contributed by atoms with Crippen LogP contribution in [0.5, 0.6) is 0 Å². The van der Waals surface area contributed by atoms with Crippen molar-refractivity contribution in [1.82, 2.24) is 10.2 Å². The van der Waals surface area contributed by atoms with E-state index in [-0.39, 0.29) is 24.3 Å². The number of amides is 1. The number of piperidine rings is 1. The van der Waals surface area contributed by atoms with Crippen molar-refractivity contribution in [2.24, 2.45) is 0 Å². The molecule has 0 bridgehead atoms. The van der Waals surface area contributed by atoms with Gasteiger partial charge in [0.25, 0.3) is 0 Å². The van der Waals surface area contributed by atoms with Gasteiger partial charge in [0.1, 0.15) is 6.10 Å². The molecule has 2 aliphatic rings. The number of rotatable bonds is 2. The smallest absolute Gasteiger partial charge is 0.416 e. The SMILES string of the molecule is O=C1OC2CNCCC2N1Cc1ccccc1C(F)(F)F. The van der Waals surface area contributed by atoms with E-state index in [1.807, 2.05) is 0 Å². The summed E-state index contributed by atoms with van der Waals surface area (Å²) in [6.45, 7) is 1.21. The third-order valence-corrected chi connectivity index (χ3v) is 3.94. The zero-order chi connectivity index (χ0) is 15.0. The van der Waals surface area contributed by atoms with Crippen molar-refractivity contribution in [2.45, 2.75) is 31.3 Å². The number of carbonyl (C=O) groups excluding carboxylic acids is 1. The van der Waals surface area contributed by atoms with Crippen molar-refractivity contribution in [3.63, 3.8) is 0 Å². The van der Waals surface area contributed by atoms with E-state index in [0.29, 0.717) is 13.0 Å². The number of hydrogen-bond acceptors (Lipinski definition) is 3. The Bertz CT molecular complexity index is 547. The summed E-state index contributed by atoms with van der Waals surface area (Å²) >= 11 is 0. The van der Waals surface area contributed by atoms with Crippen LogP contribution in [0.25, 0.3) is 0 Å². The first-order valence-electron chi connectivity index (χ1n) is 6.80. The van der Waals surface area contributed by atoms with Gasteiger partial charge < -0.3 is 10.1 Å². The number of nitrogens with zero attached hydrogens (tertiary/aromatic N) is 1. The Labute approximate surface area is 119 Å². The molecule has 21 heavy (non-hydrogen) atoms. The van der Waals surface area contributed by atoms with Crippen LogP contribution >= 0.6 is 0 Å². The molecule has 3 rings (SSSR count).